The van der Waals surface area contributed by atoms with E-state index in [1.54, 1.807) is 0 Å². The van der Waals surface area contributed by atoms with Gasteiger partial charge in [0, 0.05) is 8.81 Å². The molecular weight excluding hydrogens is 606 g/mol. The van der Waals surface area contributed by atoms with Crippen LogP contribution in [0.2, 0.25) is 0 Å². The lowest BCUT2D eigenvalue weighted by Gasteiger charge is -2.27. The van der Waals surface area contributed by atoms with Crippen LogP contribution < -0.4 is 17.0 Å². The average Bonchev–Trinajstić information content (AvgIpc) is 3.67. The van der Waals surface area contributed by atoms with Crippen molar-refractivity contribution < 1.29 is 38.2 Å². The van der Waals surface area contributed by atoms with Gasteiger partial charge in [0.15, 0.2) is 35.1 Å². The summed E-state index contributed by atoms with van der Waals surface area (Å²) < 4.78 is 32.4. The molecule has 3 fully saturated rings. The van der Waals surface area contributed by atoms with Gasteiger partial charge in [0.25, 0.3) is 5.56 Å². The van der Waals surface area contributed by atoms with Crippen molar-refractivity contribution in [2.75, 3.05) is 18.1 Å². The number of imidazole rings is 2. The first-order valence-electron chi connectivity index (χ1n) is 12.0. The standard InChI is InChI=1S/C19H22N10O9P2S/c20-12-6-13(23-2-22-12)28(3-24-6)16-10-8(30)5(35-16)1-34-40(33,41)38-11-9(31)18(39-37-10)36-17(11)29-4-25-7-14(29)26-19(21)27-15(7)32/h2-5,8-11,16-18,30-31,39H,1H2,(H,33,41)(H2,20,22,23)(H3,21,26,27,32). The van der Waals surface area contributed by atoms with Crippen molar-refractivity contribution in [1.29, 1.82) is 0 Å². The predicted octanol–water partition coefficient (Wildman–Crippen LogP) is -1.79. The van der Waals surface area contributed by atoms with Crippen molar-refractivity contribution in [1.82, 2.24) is 39.0 Å². The largest absolute Gasteiger partial charge is 0.387 e. The second kappa shape index (κ2) is 9.92. The Morgan fingerprint density at radius 3 is 2.56 bits per heavy atom. The molecule has 3 aliphatic heterocycles. The van der Waals surface area contributed by atoms with E-state index in [-0.39, 0.29) is 29.5 Å². The van der Waals surface area contributed by atoms with E-state index in [2.05, 4.69) is 29.9 Å². The molecule has 3 aliphatic rings. The van der Waals surface area contributed by atoms with E-state index >= 15 is 0 Å². The highest BCUT2D eigenvalue weighted by molar-refractivity contribution is 8.07. The SMILES string of the molecule is Nc1nc2c(ncn2C2OC3POC4C(O)C(COP(O)(=S)OC2C3O)OC4n2cnc3c(N)ncnc32)c(=O)[nH]1. The Morgan fingerprint density at radius 1 is 1.02 bits per heavy atom. The Morgan fingerprint density at radius 2 is 1.76 bits per heavy atom. The molecule has 3 saturated heterocycles. The van der Waals surface area contributed by atoms with Gasteiger partial charge in [0.05, 0.1) is 19.3 Å². The molecule has 7 heterocycles. The molecule has 41 heavy (non-hydrogen) atoms. The molecule has 0 aromatic carbocycles. The van der Waals surface area contributed by atoms with Crippen LogP contribution in [0.3, 0.4) is 0 Å². The number of nitrogens with two attached hydrogens (primary N) is 2. The first-order chi connectivity index (χ1) is 19.6. The van der Waals surface area contributed by atoms with Crippen LogP contribution in [0.5, 0.6) is 0 Å². The van der Waals surface area contributed by atoms with Gasteiger partial charge in [-0.3, -0.25) is 23.4 Å². The Bertz CT molecular complexity index is 1750. The molecule has 0 saturated carbocycles. The highest BCUT2D eigenvalue weighted by Gasteiger charge is 2.52. The summed E-state index contributed by atoms with van der Waals surface area (Å²) in [6, 6.07) is 0. The smallest absolute Gasteiger partial charge is 0.325 e. The summed E-state index contributed by atoms with van der Waals surface area (Å²) in [7, 11) is -0.574. The summed E-state index contributed by atoms with van der Waals surface area (Å²) in [5.41, 5.74) is 11.7. The molecule has 0 radical (unpaired) electrons. The van der Waals surface area contributed by atoms with Gasteiger partial charge in [0.1, 0.15) is 48.2 Å². The Hall–Kier alpha value is -2.74. The number of rotatable bonds is 2. The molecule has 4 aromatic rings. The van der Waals surface area contributed by atoms with Crippen LogP contribution >= 0.6 is 15.5 Å². The lowest BCUT2D eigenvalue weighted by Crippen LogP contribution is -2.37. The van der Waals surface area contributed by atoms with Gasteiger partial charge in [-0.1, -0.05) is 0 Å². The van der Waals surface area contributed by atoms with E-state index in [0.29, 0.717) is 11.2 Å². The van der Waals surface area contributed by atoms with Crippen LogP contribution in [-0.2, 0) is 34.9 Å². The van der Waals surface area contributed by atoms with Crippen LogP contribution in [0, 0.1) is 0 Å². The molecule has 4 aromatic heterocycles. The molecular formula is C19H22N10O9P2S. The number of nitrogens with one attached hydrogen (secondary N) is 1. The van der Waals surface area contributed by atoms with Gasteiger partial charge in [-0.05, 0) is 11.8 Å². The monoisotopic (exact) mass is 628 g/mol. The van der Waals surface area contributed by atoms with E-state index < -0.39 is 69.9 Å². The Labute approximate surface area is 234 Å². The predicted molar refractivity (Wildman–Crippen MR) is 143 cm³/mol. The molecule has 22 heteroatoms. The highest BCUT2D eigenvalue weighted by atomic mass is 32.5. The number of aromatic nitrogens is 8. The number of hydrogen-bond donors (Lipinski definition) is 6. The molecule has 19 nitrogen and oxygen atoms in total. The Balaban J connectivity index is 1.25. The second-order valence-electron chi connectivity index (χ2n) is 9.39. The fourth-order valence-electron chi connectivity index (χ4n) is 4.97. The van der Waals surface area contributed by atoms with Crippen LogP contribution in [0.25, 0.3) is 22.3 Å². The minimum atomic E-state index is -4.06. The molecule has 10 unspecified atom stereocenters. The summed E-state index contributed by atoms with van der Waals surface area (Å²) in [5.74, 6) is -1.06. The van der Waals surface area contributed by atoms with E-state index in [1.165, 1.54) is 28.1 Å². The maximum Gasteiger partial charge on any atom is 0.325 e. The van der Waals surface area contributed by atoms with Gasteiger partial charge < -0.3 is 45.1 Å². The van der Waals surface area contributed by atoms with Crippen LogP contribution in [0.4, 0.5) is 11.8 Å². The summed E-state index contributed by atoms with van der Waals surface area (Å²) in [4.78, 5) is 46.2. The molecule has 0 spiro atoms. The summed E-state index contributed by atoms with van der Waals surface area (Å²) in [5, 5.41) is 22.4. The quantitative estimate of drug-likeness (QED) is 0.134. The lowest BCUT2D eigenvalue weighted by molar-refractivity contribution is -0.0536. The number of aromatic amines is 1. The molecule has 10 atom stereocenters. The summed E-state index contributed by atoms with van der Waals surface area (Å²) in [6.45, 7) is -4.44. The number of hydrogen-bond acceptors (Lipinski definition) is 16. The third kappa shape index (κ3) is 4.52. The average molecular weight is 628 g/mol. The topological polar surface area (TPSA) is 266 Å². The zero-order valence-electron chi connectivity index (χ0n) is 20.5. The minimum Gasteiger partial charge on any atom is -0.387 e. The number of nitrogens with zero attached hydrogens (tertiary/aromatic N) is 7. The first kappa shape index (κ1) is 27.1. The molecule has 8 N–H and O–H groups in total. The van der Waals surface area contributed by atoms with Gasteiger partial charge in [-0.15, -0.1) is 0 Å². The van der Waals surface area contributed by atoms with E-state index in [9.17, 15) is 19.9 Å². The minimum absolute atomic E-state index is 0.0341. The third-order valence-corrected chi connectivity index (χ3v) is 9.57. The van der Waals surface area contributed by atoms with E-state index in [0.717, 1.165) is 0 Å². The number of H-pyrrole nitrogens is 1. The zero-order valence-corrected chi connectivity index (χ0v) is 23.2. The lowest BCUT2D eigenvalue weighted by atomic mass is 10.1. The van der Waals surface area contributed by atoms with Crippen LogP contribution in [-0.4, -0.2) is 97.1 Å². The fourth-order valence-corrected chi connectivity index (χ4v) is 7.46. The maximum atomic E-state index is 12.3. The number of anilines is 2. The van der Waals surface area contributed by atoms with Crippen molar-refractivity contribution in [2.45, 2.75) is 48.8 Å². The summed E-state index contributed by atoms with van der Waals surface area (Å²) in [6.07, 6.45) is -4.16. The normalized spacial score (nSPS) is 36.6. The second-order valence-corrected chi connectivity index (χ2v) is 13.2. The van der Waals surface area contributed by atoms with Crippen molar-refractivity contribution in [3.8, 4) is 0 Å². The number of fused-ring (bicyclic) bond motifs is 6. The van der Waals surface area contributed by atoms with Crippen molar-refractivity contribution >= 4 is 61.4 Å². The number of aliphatic hydroxyl groups is 2. The Kier molecular flexibility index (Phi) is 6.56. The molecule has 7 rings (SSSR count). The maximum absolute atomic E-state index is 12.3. The van der Waals surface area contributed by atoms with Gasteiger partial charge in [-0.2, -0.15) is 4.98 Å². The molecule has 218 valence electrons. The van der Waals surface area contributed by atoms with Crippen molar-refractivity contribution in [2.24, 2.45) is 0 Å². The first-order valence-corrected chi connectivity index (χ1v) is 15.6. The van der Waals surface area contributed by atoms with Crippen molar-refractivity contribution in [3.63, 3.8) is 0 Å². The van der Waals surface area contributed by atoms with E-state index in [1.807, 2.05) is 0 Å². The fraction of sp³-hybridized carbons (Fsp3) is 0.474. The van der Waals surface area contributed by atoms with Crippen molar-refractivity contribution in [3.05, 3.63) is 29.3 Å². The van der Waals surface area contributed by atoms with Gasteiger partial charge >= 0.3 is 6.72 Å². The zero-order chi connectivity index (χ0) is 28.6. The molecule has 0 amide bonds. The summed E-state index contributed by atoms with van der Waals surface area (Å²) >= 11 is 5.23. The molecule has 0 aliphatic carbocycles. The molecule has 4 bridgehead atoms. The number of nitrogen functional groups attached to an aromatic ring is 2. The van der Waals surface area contributed by atoms with Crippen LogP contribution in [0.15, 0.2) is 23.8 Å². The number of ether oxygens (including phenoxy) is 2. The number of aliphatic hydroxyl groups excluding tert-OH is 2. The highest BCUT2D eigenvalue weighted by Crippen LogP contribution is 2.53. The van der Waals surface area contributed by atoms with Crippen LogP contribution in [0.1, 0.15) is 12.5 Å². The van der Waals surface area contributed by atoms with Gasteiger partial charge in [-0.25, -0.2) is 19.9 Å². The third-order valence-electron chi connectivity index (χ3n) is 6.89. The van der Waals surface area contributed by atoms with Gasteiger partial charge in [0.2, 0.25) is 5.95 Å². The van der Waals surface area contributed by atoms with E-state index in [4.69, 9.17) is 46.3 Å².